The second-order valence-electron chi connectivity index (χ2n) is 6.09. The van der Waals surface area contributed by atoms with Crippen molar-refractivity contribution in [2.24, 2.45) is 0 Å². The van der Waals surface area contributed by atoms with Gasteiger partial charge in [0.1, 0.15) is 0 Å². The lowest BCUT2D eigenvalue weighted by Gasteiger charge is -2.13. The van der Waals surface area contributed by atoms with Crippen LogP contribution >= 0.6 is 11.8 Å². The molecule has 0 aliphatic rings. The lowest BCUT2D eigenvalue weighted by molar-refractivity contribution is 0.584. The standard InChI is InChI=1S/C20H22N2OS/c1-4-11-22-19(23)17-7-5-6-8-18(17)21-20(22)24-13-16-12-14(2)9-10-15(16)3/h5-10,12H,4,11,13H2,1-3H3. The summed E-state index contributed by atoms with van der Waals surface area (Å²) >= 11 is 1.64. The van der Waals surface area contributed by atoms with Gasteiger partial charge in [0.05, 0.1) is 10.9 Å². The fourth-order valence-corrected chi connectivity index (χ4v) is 3.87. The fraction of sp³-hybridized carbons (Fsp3) is 0.300. The third-order valence-electron chi connectivity index (χ3n) is 4.14. The van der Waals surface area contributed by atoms with Crippen LogP contribution in [0.15, 0.2) is 52.4 Å². The van der Waals surface area contributed by atoms with Gasteiger partial charge in [0.15, 0.2) is 5.16 Å². The minimum absolute atomic E-state index is 0.0610. The van der Waals surface area contributed by atoms with Crippen LogP contribution in [0.3, 0.4) is 0 Å². The topological polar surface area (TPSA) is 34.9 Å². The van der Waals surface area contributed by atoms with Gasteiger partial charge in [-0.15, -0.1) is 0 Å². The molecule has 4 heteroatoms. The Balaban J connectivity index is 2.00. The Bertz CT molecular complexity index is 931. The van der Waals surface area contributed by atoms with E-state index < -0.39 is 0 Å². The Labute approximate surface area is 146 Å². The monoisotopic (exact) mass is 338 g/mol. The average Bonchev–Trinajstić information content (AvgIpc) is 2.58. The first kappa shape index (κ1) is 16.8. The molecule has 0 aliphatic carbocycles. The molecule has 24 heavy (non-hydrogen) atoms. The van der Waals surface area contributed by atoms with Crippen LogP contribution in [0.5, 0.6) is 0 Å². The minimum atomic E-state index is 0.0610. The van der Waals surface area contributed by atoms with Crippen LogP contribution in [0.2, 0.25) is 0 Å². The molecule has 0 saturated heterocycles. The van der Waals surface area contributed by atoms with Crippen molar-refractivity contribution in [1.29, 1.82) is 0 Å². The maximum Gasteiger partial charge on any atom is 0.262 e. The predicted molar refractivity (Wildman–Crippen MR) is 102 cm³/mol. The molecule has 0 radical (unpaired) electrons. The molecule has 0 atom stereocenters. The summed E-state index contributed by atoms with van der Waals surface area (Å²) in [5.41, 5.74) is 4.67. The summed E-state index contributed by atoms with van der Waals surface area (Å²) in [5.74, 6) is 0.821. The lowest BCUT2D eigenvalue weighted by Crippen LogP contribution is -2.23. The maximum absolute atomic E-state index is 12.8. The Morgan fingerprint density at radius 3 is 2.71 bits per heavy atom. The number of thioether (sulfide) groups is 1. The van der Waals surface area contributed by atoms with E-state index in [0.29, 0.717) is 11.9 Å². The number of hydrogen-bond acceptors (Lipinski definition) is 3. The summed E-state index contributed by atoms with van der Waals surface area (Å²) < 4.78 is 1.82. The Morgan fingerprint density at radius 2 is 1.92 bits per heavy atom. The second-order valence-corrected chi connectivity index (χ2v) is 7.03. The molecule has 0 aliphatic heterocycles. The van der Waals surface area contributed by atoms with Crippen LogP contribution in [0.4, 0.5) is 0 Å². The molecule has 3 nitrogen and oxygen atoms in total. The minimum Gasteiger partial charge on any atom is -0.287 e. The zero-order valence-electron chi connectivity index (χ0n) is 14.4. The van der Waals surface area contributed by atoms with Crippen LogP contribution in [-0.2, 0) is 12.3 Å². The highest BCUT2D eigenvalue weighted by Crippen LogP contribution is 2.24. The van der Waals surface area contributed by atoms with E-state index in [2.05, 4.69) is 39.0 Å². The molecule has 0 unspecified atom stereocenters. The molecule has 0 spiro atoms. The van der Waals surface area contributed by atoms with Gasteiger partial charge >= 0.3 is 0 Å². The molecule has 0 bridgehead atoms. The first-order chi connectivity index (χ1) is 11.6. The third kappa shape index (κ3) is 3.39. The quantitative estimate of drug-likeness (QED) is 0.499. The molecule has 0 fully saturated rings. The molecule has 1 aromatic heterocycles. The van der Waals surface area contributed by atoms with Crippen LogP contribution in [0, 0.1) is 13.8 Å². The van der Waals surface area contributed by atoms with Crippen molar-refractivity contribution in [3.05, 3.63) is 69.5 Å². The van der Waals surface area contributed by atoms with E-state index in [0.717, 1.165) is 22.8 Å². The van der Waals surface area contributed by atoms with Crippen molar-refractivity contribution in [3.8, 4) is 0 Å². The Morgan fingerprint density at radius 1 is 1.12 bits per heavy atom. The summed E-state index contributed by atoms with van der Waals surface area (Å²) in [5, 5.41) is 1.50. The van der Waals surface area contributed by atoms with E-state index in [1.54, 1.807) is 11.8 Å². The fourth-order valence-electron chi connectivity index (χ4n) is 2.78. The van der Waals surface area contributed by atoms with Gasteiger partial charge in [-0.2, -0.15) is 0 Å². The number of hydrogen-bond donors (Lipinski definition) is 0. The number of rotatable bonds is 5. The van der Waals surface area contributed by atoms with Crippen LogP contribution in [0.25, 0.3) is 10.9 Å². The number of fused-ring (bicyclic) bond motifs is 1. The van der Waals surface area contributed by atoms with E-state index in [4.69, 9.17) is 4.98 Å². The van der Waals surface area contributed by atoms with Gasteiger partial charge in [0.2, 0.25) is 0 Å². The van der Waals surface area contributed by atoms with Crippen LogP contribution in [-0.4, -0.2) is 9.55 Å². The SMILES string of the molecule is CCCn1c(SCc2cc(C)ccc2C)nc2ccccc2c1=O. The molecule has 124 valence electrons. The van der Waals surface area contributed by atoms with E-state index in [1.165, 1.54) is 16.7 Å². The molecule has 2 aromatic carbocycles. The van der Waals surface area contributed by atoms with Crippen LogP contribution < -0.4 is 5.56 Å². The van der Waals surface area contributed by atoms with E-state index in [-0.39, 0.29) is 5.56 Å². The second kappa shape index (κ2) is 7.22. The lowest BCUT2D eigenvalue weighted by atomic mass is 10.1. The van der Waals surface area contributed by atoms with Crippen molar-refractivity contribution >= 4 is 22.7 Å². The number of nitrogens with zero attached hydrogens (tertiary/aromatic N) is 2. The molecule has 1 heterocycles. The van der Waals surface area contributed by atoms with E-state index >= 15 is 0 Å². The normalized spacial score (nSPS) is 11.1. The van der Waals surface area contributed by atoms with Gasteiger partial charge in [-0.05, 0) is 43.5 Å². The first-order valence-corrected chi connectivity index (χ1v) is 9.27. The van der Waals surface area contributed by atoms with Gasteiger partial charge in [0.25, 0.3) is 5.56 Å². The number of para-hydroxylation sites is 1. The van der Waals surface area contributed by atoms with Crippen molar-refractivity contribution < 1.29 is 0 Å². The largest absolute Gasteiger partial charge is 0.287 e. The first-order valence-electron chi connectivity index (χ1n) is 8.28. The molecule has 0 amide bonds. The molecule has 3 rings (SSSR count). The van der Waals surface area contributed by atoms with Crippen molar-refractivity contribution in [2.75, 3.05) is 0 Å². The van der Waals surface area contributed by atoms with Crippen LogP contribution in [0.1, 0.15) is 30.0 Å². The van der Waals surface area contributed by atoms with Crippen molar-refractivity contribution in [2.45, 2.75) is 44.6 Å². The highest BCUT2D eigenvalue weighted by molar-refractivity contribution is 7.98. The summed E-state index contributed by atoms with van der Waals surface area (Å²) in [7, 11) is 0. The highest BCUT2D eigenvalue weighted by atomic mass is 32.2. The predicted octanol–water partition coefficient (Wildman–Crippen LogP) is 4.72. The summed E-state index contributed by atoms with van der Waals surface area (Å²) in [6.45, 7) is 7.02. The Kier molecular flexibility index (Phi) is 5.05. The van der Waals surface area contributed by atoms with Gasteiger partial charge < -0.3 is 0 Å². The summed E-state index contributed by atoms with van der Waals surface area (Å²) in [6.07, 6.45) is 0.914. The molecule has 0 saturated carbocycles. The number of aromatic nitrogens is 2. The molecular formula is C20H22N2OS. The van der Waals surface area contributed by atoms with Crippen molar-refractivity contribution in [1.82, 2.24) is 9.55 Å². The van der Waals surface area contributed by atoms with Gasteiger partial charge in [-0.3, -0.25) is 9.36 Å². The van der Waals surface area contributed by atoms with E-state index in [1.807, 2.05) is 28.8 Å². The third-order valence-corrected chi connectivity index (χ3v) is 5.16. The summed E-state index contributed by atoms with van der Waals surface area (Å²) in [4.78, 5) is 17.5. The van der Waals surface area contributed by atoms with Gasteiger partial charge in [-0.25, -0.2) is 4.98 Å². The summed E-state index contributed by atoms with van der Waals surface area (Å²) in [6, 6.07) is 14.1. The van der Waals surface area contributed by atoms with Gasteiger partial charge in [-0.1, -0.05) is 54.6 Å². The molecule has 3 aromatic rings. The van der Waals surface area contributed by atoms with E-state index in [9.17, 15) is 4.79 Å². The molecule has 0 N–H and O–H groups in total. The zero-order valence-corrected chi connectivity index (χ0v) is 15.2. The zero-order chi connectivity index (χ0) is 17.1. The van der Waals surface area contributed by atoms with Gasteiger partial charge in [0, 0.05) is 12.3 Å². The number of benzene rings is 2. The maximum atomic E-state index is 12.8. The average molecular weight is 338 g/mol. The Hall–Kier alpha value is -2.07. The highest BCUT2D eigenvalue weighted by Gasteiger charge is 2.11. The smallest absolute Gasteiger partial charge is 0.262 e. The van der Waals surface area contributed by atoms with Crippen molar-refractivity contribution in [3.63, 3.8) is 0 Å². The molecular weight excluding hydrogens is 316 g/mol. The number of aryl methyl sites for hydroxylation is 2.